The molecule has 1 unspecified atom stereocenters. The molecule has 0 bridgehead atoms. The molecule has 0 aliphatic heterocycles. The van der Waals surface area contributed by atoms with Crippen molar-refractivity contribution in [3.05, 3.63) is 24.3 Å². The van der Waals surface area contributed by atoms with Crippen molar-refractivity contribution in [2.75, 3.05) is 46.1 Å². The van der Waals surface area contributed by atoms with Crippen molar-refractivity contribution in [1.29, 1.82) is 0 Å². The van der Waals surface area contributed by atoms with Crippen LogP contribution in [0.1, 0.15) is 168 Å². The van der Waals surface area contributed by atoms with Gasteiger partial charge in [0.1, 0.15) is 12.7 Å². The zero-order valence-corrected chi connectivity index (χ0v) is 33.3. The molecule has 0 saturated carbocycles. The molecule has 7 nitrogen and oxygen atoms in total. The van der Waals surface area contributed by atoms with E-state index in [2.05, 4.69) is 43.9 Å². The van der Waals surface area contributed by atoms with Gasteiger partial charge in [-0.1, -0.05) is 121 Å². The summed E-state index contributed by atoms with van der Waals surface area (Å²) in [5.74, 6) is 0.533. The molecule has 0 aromatic heterocycles. The van der Waals surface area contributed by atoms with Crippen LogP contribution in [-0.2, 0) is 19.1 Å². The van der Waals surface area contributed by atoms with Gasteiger partial charge in [-0.2, -0.15) is 0 Å². The second-order valence-corrected chi connectivity index (χ2v) is 14.7. The second-order valence-electron chi connectivity index (χ2n) is 13.7. The number of carbonyl (C=O) groups is 3. The van der Waals surface area contributed by atoms with Crippen LogP contribution in [-0.4, -0.2) is 79.2 Å². The smallest absolute Gasteiger partial charge is 0.306 e. The monoisotopic (exact) mass is 709 g/mol. The molecule has 0 heterocycles. The van der Waals surface area contributed by atoms with Crippen LogP contribution in [0.15, 0.2) is 24.3 Å². The second kappa shape index (κ2) is 36.0. The highest BCUT2D eigenvalue weighted by Crippen LogP contribution is 2.17. The summed E-state index contributed by atoms with van der Waals surface area (Å²) in [6, 6.07) is 0. The number of esters is 2. The third-order valence-corrected chi connectivity index (χ3v) is 9.47. The van der Waals surface area contributed by atoms with Gasteiger partial charge in [0, 0.05) is 38.2 Å². The Morgan fingerprint density at radius 3 is 1.84 bits per heavy atom. The van der Waals surface area contributed by atoms with Gasteiger partial charge in [0.25, 0.3) is 5.24 Å². The summed E-state index contributed by atoms with van der Waals surface area (Å²) in [5, 5.41) is 0.122. The summed E-state index contributed by atoms with van der Waals surface area (Å²) in [6.07, 6.45) is 31.6. The first-order chi connectivity index (χ1) is 23.8. The third kappa shape index (κ3) is 33.1. The number of ether oxygens (including phenoxy) is 2. The van der Waals surface area contributed by atoms with Crippen molar-refractivity contribution in [2.24, 2.45) is 0 Å². The molecule has 0 aliphatic rings. The fourth-order valence-electron chi connectivity index (χ4n) is 5.45. The summed E-state index contributed by atoms with van der Waals surface area (Å²) in [4.78, 5) is 41.9. The highest BCUT2D eigenvalue weighted by atomic mass is 32.2. The predicted octanol–water partition coefficient (Wildman–Crippen LogP) is 11.3. The SMILES string of the molecule is CCC/C=C/CCC(CCCCCCC)OC(=O)CCCCCN(CCCCCC(=O)OC/C=C\CCCCCC)C(=O)SCCN(C)C. The first kappa shape index (κ1) is 47.2. The largest absolute Gasteiger partial charge is 0.462 e. The maximum absolute atomic E-state index is 13.0. The zero-order chi connectivity index (χ0) is 36.2. The Bertz CT molecular complexity index is 848. The van der Waals surface area contributed by atoms with Gasteiger partial charge >= 0.3 is 11.9 Å². The topological polar surface area (TPSA) is 76.1 Å². The Morgan fingerprint density at radius 2 is 1.18 bits per heavy atom. The minimum atomic E-state index is -0.150. The molecule has 0 aromatic rings. The van der Waals surface area contributed by atoms with Gasteiger partial charge in [0.05, 0.1) is 0 Å². The van der Waals surface area contributed by atoms with Gasteiger partial charge in [0.2, 0.25) is 0 Å². The Kier molecular flexibility index (Phi) is 34.7. The van der Waals surface area contributed by atoms with Crippen molar-refractivity contribution in [3.63, 3.8) is 0 Å². The van der Waals surface area contributed by atoms with E-state index < -0.39 is 0 Å². The molecule has 0 saturated heterocycles. The molecule has 0 aromatic carbocycles. The molecule has 49 heavy (non-hydrogen) atoms. The van der Waals surface area contributed by atoms with Crippen molar-refractivity contribution in [3.8, 4) is 0 Å². The van der Waals surface area contributed by atoms with Gasteiger partial charge in [-0.25, -0.2) is 0 Å². The quantitative estimate of drug-likeness (QED) is 0.0374. The van der Waals surface area contributed by atoms with Gasteiger partial charge in [-0.05, 0) is 84.7 Å². The Balaban J connectivity index is 4.53. The van der Waals surface area contributed by atoms with Crippen LogP contribution in [0.3, 0.4) is 0 Å². The van der Waals surface area contributed by atoms with Crippen molar-refractivity contribution >= 4 is 28.9 Å². The minimum Gasteiger partial charge on any atom is -0.462 e. The number of nitrogens with zero attached hydrogens (tertiary/aromatic N) is 2. The highest BCUT2D eigenvalue weighted by molar-refractivity contribution is 8.13. The Hall–Kier alpha value is -1.80. The lowest BCUT2D eigenvalue weighted by molar-refractivity contribution is -0.150. The van der Waals surface area contributed by atoms with Crippen LogP contribution < -0.4 is 0 Å². The molecule has 286 valence electrons. The maximum Gasteiger partial charge on any atom is 0.306 e. The first-order valence-electron chi connectivity index (χ1n) is 20.0. The van der Waals surface area contributed by atoms with Crippen molar-refractivity contribution in [1.82, 2.24) is 9.80 Å². The van der Waals surface area contributed by atoms with E-state index in [9.17, 15) is 14.4 Å². The van der Waals surface area contributed by atoms with Crippen molar-refractivity contribution in [2.45, 2.75) is 175 Å². The molecular formula is C41H76N2O5S. The van der Waals surface area contributed by atoms with Crippen LogP contribution in [0.25, 0.3) is 0 Å². The van der Waals surface area contributed by atoms with E-state index in [0.717, 1.165) is 95.8 Å². The molecular weight excluding hydrogens is 633 g/mol. The molecule has 0 rings (SSSR count). The molecule has 0 aliphatic carbocycles. The fraction of sp³-hybridized carbons (Fsp3) is 0.829. The first-order valence-corrected chi connectivity index (χ1v) is 21.0. The number of thioether (sulfide) groups is 1. The number of rotatable bonds is 34. The minimum absolute atomic E-state index is 0.0107. The van der Waals surface area contributed by atoms with E-state index in [0.29, 0.717) is 32.5 Å². The highest BCUT2D eigenvalue weighted by Gasteiger charge is 2.16. The van der Waals surface area contributed by atoms with Crippen LogP contribution in [0, 0.1) is 0 Å². The molecule has 1 amide bonds. The van der Waals surface area contributed by atoms with Crippen molar-refractivity contribution < 1.29 is 23.9 Å². The van der Waals surface area contributed by atoms with Gasteiger partial charge < -0.3 is 19.3 Å². The summed E-state index contributed by atoms with van der Waals surface area (Å²) in [5.41, 5.74) is 0. The lowest BCUT2D eigenvalue weighted by atomic mass is 10.0. The summed E-state index contributed by atoms with van der Waals surface area (Å²) >= 11 is 1.38. The number of allylic oxidation sites excluding steroid dienone is 3. The normalized spacial score (nSPS) is 12.3. The lowest BCUT2D eigenvalue weighted by Crippen LogP contribution is -2.31. The van der Waals surface area contributed by atoms with E-state index in [1.165, 1.54) is 63.1 Å². The van der Waals surface area contributed by atoms with E-state index in [1.807, 2.05) is 25.1 Å². The molecule has 8 heteroatoms. The molecule has 0 spiro atoms. The Morgan fingerprint density at radius 1 is 0.592 bits per heavy atom. The Labute approximate surface area is 306 Å². The molecule has 0 N–H and O–H groups in total. The molecule has 0 radical (unpaired) electrons. The van der Waals surface area contributed by atoms with Crippen LogP contribution in [0.5, 0.6) is 0 Å². The van der Waals surface area contributed by atoms with Gasteiger partial charge in [-0.15, -0.1) is 0 Å². The number of amides is 1. The number of unbranched alkanes of at least 4 members (excludes halogenated alkanes) is 13. The summed E-state index contributed by atoms with van der Waals surface area (Å²) in [7, 11) is 4.04. The number of hydrogen-bond donors (Lipinski definition) is 0. The average Bonchev–Trinajstić information content (AvgIpc) is 3.07. The van der Waals surface area contributed by atoms with Gasteiger partial charge in [-0.3, -0.25) is 14.4 Å². The summed E-state index contributed by atoms with van der Waals surface area (Å²) in [6.45, 7) is 9.23. The van der Waals surface area contributed by atoms with Gasteiger partial charge in [0.15, 0.2) is 0 Å². The van der Waals surface area contributed by atoms with Crippen LogP contribution in [0.2, 0.25) is 0 Å². The zero-order valence-electron chi connectivity index (χ0n) is 32.5. The van der Waals surface area contributed by atoms with Crippen LogP contribution in [0.4, 0.5) is 4.79 Å². The lowest BCUT2D eigenvalue weighted by Gasteiger charge is -2.23. The molecule has 1 atom stereocenters. The maximum atomic E-state index is 13.0. The van der Waals surface area contributed by atoms with E-state index >= 15 is 0 Å². The third-order valence-electron chi connectivity index (χ3n) is 8.58. The number of hydrogen-bond acceptors (Lipinski definition) is 7. The average molecular weight is 709 g/mol. The fourth-order valence-corrected chi connectivity index (χ4v) is 6.45. The van der Waals surface area contributed by atoms with E-state index in [4.69, 9.17) is 9.47 Å². The van der Waals surface area contributed by atoms with Crippen LogP contribution >= 0.6 is 11.8 Å². The number of carbonyl (C=O) groups excluding carboxylic acids is 3. The standard InChI is InChI=1S/C41H76N2O5S/c1-6-9-12-15-16-19-28-36-47-39(44)31-24-20-26-33-43(41(46)49-37-35-42(4)5)34-27-21-25-32-40(45)48-38(29-22-17-13-10-7-2)30-23-18-14-11-8-3/h13,17,19,28,38H,6-12,14-16,18,20-27,29-37H2,1-5H3/b17-13+,28-19-. The summed E-state index contributed by atoms with van der Waals surface area (Å²) < 4.78 is 11.3. The predicted molar refractivity (Wildman–Crippen MR) is 210 cm³/mol. The van der Waals surface area contributed by atoms with E-state index in [1.54, 1.807) is 0 Å². The molecule has 0 fully saturated rings. The van der Waals surface area contributed by atoms with E-state index in [-0.39, 0.29) is 23.3 Å².